The number of ether oxygens (including phenoxy) is 1. The van der Waals surface area contributed by atoms with Crippen molar-refractivity contribution in [3.8, 4) is 27.7 Å². The maximum Gasteiger partial charge on any atom is 0.253 e. The number of hydrogen-bond donors (Lipinski definition) is 1. The predicted molar refractivity (Wildman–Crippen MR) is 136 cm³/mol. The van der Waals surface area contributed by atoms with Crippen molar-refractivity contribution in [1.29, 1.82) is 0 Å². The number of hydrogen-bond acceptors (Lipinski definition) is 4. The van der Waals surface area contributed by atoms with E-state index in [9.17, 15) is 4.79 Å². The van der Waals surface area contributed by atoms with Gasteiger partial charge in [-0.1, -0.05) is 32.6 Å². The number of carbonyl (C=O) groups is 1. The van der Waals surface area contributed by atoms with Crippen molar-refractivity contribution >= 4 is 17.2 Å². The Kier molecular flexibility index (Phi) is 7.86. The Morgan fingerprint density at radius 1 is 1.21 bits per heavy atom. The Morgan fingerprint density at radius 2 is 1.97 bits per heavy atom. The molecular weight excluding hydrogens is 430 g/mol. The lowest BCUT2D eigenvalue weighted by Gasteiger charge is -2.24. The van der Waals surface area contributed by atoms with Crippen LogP contribution in [0.15, 0.2) is 35.7 Å². The van der Waals surface area contributed by atoms with Crippen LogP contribution in [0.2, 0.25) is 0 Å². The van der Waals surface area contributed by atoms with Crippen LogP contribution in [0.4, 0.5) is 0 Å². The van der Waals surface area contributed by atoms with Gasteiger partial charge in [-0.3, -0.25) is 4.79 Å². The highest BCUT2D eigenvalue weighted by atomic mass is 32.1. The molecule has 1 aromatic carbocycles. The molecule has 1 N–H and O–H groups in total. The molecule has 1 fully saturated rings. The molecule has 0 radical (unpaired) electrons. The summed E-state index contributed by atoms with van der Waals surface area (Å²) >= 11 is 1.64. The van der Waals surface area contributed by atoms with Crippen LogP contribution in [0, 0.1) is 12.8 Å². The summed E-state index contributed by atoms with van der Waals surface area (Å²) in [5, 5.41) is 6.19. The van der Waals surface area contributed by atoms with Crippen molar-refractivity contribution in [2.45, 2.75) is 65.3 Å². The summed E-state index contributed by atoms with van der Waals surface area (Å²) in [6.45, 7) is 5.89. The number of thiazole rings is 1. The van der Waals surface area contributed by atoms with Gasteiger partial charge in [0.1, 0.15) is 10.8 Å². The standard InChI is InChI=1S/C27H35N3O2S/c1-4-5-15-28-26(31)23-16-25(30(19(23)2)17-20-9-7-6-8-10-20)24-18-33-27(29-24)21-11-13-22(32-3)14-12-21/h11-14,16,18,20H,4-10,15,17H2,1-3H3,(H,28,31). The van der Waals surface area contributed by atoms with Crippen molar-refractivity contribution in [3.05, 3.63) is 47.0 Å². The van der Waals surface area contributed by atoms with Crippen LogP contribution in [-0.4, -0.2) is 29.1 Å². The number of aromatic nitrogens is 2. The molecule has 1 amide bonds. The van der Waals surface area contributed by atoms with E-state index in [0.29, 0.717) is 5.92 Å². The van der Waals surface area contributed by atoms with E-state index in [4.69, 9.17) is 9.72 Å². The van der Waals surface area contributed by atoms with E-state index in [1.165, 1.54) is 32.1 Å². The molecule has 1 saturated carbocycles. The summed E-state index contributed by atoms with van der Waals surface area (Å²) in [7, 11) is 1.68. The fourth-order valence-electron chi connectivity index (χ4n) is 4.68. The molecule has 0 atom stereocenters. The molecule has 6 heteroatoms. The molecule has 4 rings (SSSR count). The molecule has 0 bridgehead atoms. The second kappa shape index (κ2) is 11.0. The van der Waals surface area contributed by atoms with Crippen LogP contribution in [0.5, 0.6) is 5.75 Å². The van der Waals surface area contributed by atoms with Gasteiger partial charge in [-0.2, -0.15) is 0 Å². The van der Waals surface area contributed by atoms with E-state index in [-0.39, 0.29) is 5.91 Å². The summed E-state index contributed by atoms with van der Waals surface area (Å²) < 4.78 is 7.63. The highest BCUT2D eigenvalue weighted by Crippen LogP contribution is 2.34. The smallest absolute Gasteiger partial charge is 0.253 e. The quantitative estimate of drug-likeness (QED) is 0.358. The van der Waals surface area contributed by atoms with Gasteiger partial charge < -0.3 is 14.6 Å². The van der Waals surface area contributed by atoms with Gasteiger partial charge in [0.15, 0.2) is 0 Å². The average molecular weight is 466 g/mol. The molecular formula is C27H35N3O2S. The maximum atomic E-state index is 13.0. The zero-order valence-corrected chi connectivity index (χ0v) is 20.8. The second-order valence-corrected chi connectivity index (χ2v) is 9.88. The molecule has 0 unspecified atom stereocenters. The predicted octanol–water partition coefficient (Wildman–Crippen LogP) is 6.71. The first kappa shape index (κ1) is 23.6. The van der Waals surface area contributed by atoms with Crippen LogP contribution >= 0.6 is 11.3 Å². The lowest BCUT2D eigenvalue weighted by Crippen LogP contribution is -2.25. The first-order chi connectivity index (χ1) is 16.1. The fourth-order valence-corrected chi connectivity index (χ4v) is 5.50. The number of carbonyl (C=O) groups excluding carboxylic acids is 1. The Morgan fingerprint density at radius 3 is 2.67 bits per heavy atom. The number of unbranched alkanes of at least 4 members (excludes halogenated alkanes) is 1. The summed E-state index contributed by atoms with van der Waals surface area (Å²) in [4.78, 5) is 17.9. The number of benzene rings is 1. The monoisotopic (exact) mass is 465 g/mol. The third kappa shape index (κ3) is 5.49. The van der Waals surface area contributed by atoms with Crippen molar-refractivity contribution in [1.82, 2.24) is 14.9 Å². The van der Waals surface area contributed by atoms with Gasteiger partial charge in [0, 0.05) is 29.7 Å². The lowest BCUT2D eigenvalue weighted by molar-refractivity contribution is 0.0952. The van der Waals surface area contributed by atoms with E-state index < -0.39 is 0 Å². The van der Waals surface area contributed by atoms with Crippen molar-refractivity contribution in [2.75, 3.05) is 13.7 Å². The van der Waals surface area contributed by atoms with E-state index in [1.54, 1.807) is 18.4 Å². The molecule has 0 spiro atoms. The van der Waals surface area contributed by atoms with Crippen molar-refractivity contribution < 1.29 is 9.53 Å². The largest absolute Gasteiger partial charge is 0.497 e. The van der Waals surface area contributed by atoms with E-state index in [2.05, 4.69) is 29.1 Å². The Labute approximate surface area is 201 Å². The fraction of sp³-hybridized carbons (Fsp3) is 0.481. The van der Waals surface area contributed by atoms with E-state index in [0.717, 1.165) is 64.9 Å². The molecule has 1 aliphatic carbocycles. The lowest BCUT2D eigenvalue weighted by atomic mass is 9.89. The number of methoxy groups -OCH3 is 1. The van der Waals surface area contributed by atoms with Crippen LogP contribution in [0.3, 0.4) is 0 Å². The minimum Gasteiger partial charge on any atom is -0.497 e. The number of nitrogens with zero attached hydrogens (tertiary/aromatic N) is 2. The molecule has 1 aliphatic rings. The molecule has 2 aromatic heterocycles. The van der Waals surface area contributed by atoms with Crippen LogP contribution < -0.4 is 10.1 Å². The normalized spacial score (nSPS) is 14.4. The topological polar surface area (TPSA) is 56.1 Å². The highest BCUT2D eigenvalue weighted by molar-refractivity contribution is 7.13. The molecule has 3 aromatic rings. The van der Waals surface area contributed by atoms with Gasteiger partial charge in [-0.25, -0.2) is 4.98 Å². The van der Waals surface area contributed by atoms with Crippen LogP contribution in [0.1, 0.15) is 67.9 Å². The number of nitrogens with one attached hydrogen (secondary N) is 1. The summed E-state index contributed by atoms with van der Waals surface area (Å²) in [5.74, 6) is 1.53. The van der Waals surface area contributed by atoms with Crippen molar-refractivity contribution in [3.63, 3.8) is 0 Å². The molecule has 0 aliphatic heterocycles. The Balaban J connectivity index is 1.65. The van der Waals surface area contributed by atoms with Crippen LogP contribution in [-0.2, 0) is 6.54 Å². The molecule has 0 saturated heterocycles. The second-order valence-electron chi connectivity index (χ2n) is 9.02. The van der Waals surface area contributed by atoms with E-state index in [1.807, 2.05) is 30.3 Å². The maximum absolute atomic E-state index is 13.0. The van der Waals surface area contributed by atoms with Gasteiger partial charge in [0.05, 0.1) is 24.1 Å². The first-order valence-corrected chi connectivity index (χ1v) is 13.1. The number of rotatable bonds is 9. The third-order valence-electron chi connectivity index (χ3n) is 6.70. The number of amides is 1. The Hall–Kier alpha value is -2.60. The Bertz CT molecular complexity index is 1060. The molecule has 2 heterocycles. The third-order valence-corrected chi connectivity index (χ3v) is 7.59. The van der Waals surface area contributed by atoms with Gasteiger partial charge in [-0.05, 0) is 62.4 Å². The van der Waals surface area contributed by atoms with Gasteiger partial charge in [-0.15, -0.1) is 11.3 Å². The summed E-state index contributed by atoms with van der Waals surface area (Å²) in [6.07, 6.45) is 8.56. The van der Waals surface area contributed by atoms with E-state index >= 15 is 0 Å². The van der Waals surface area contributed by atoms with Crippen LogP contribution in [0.25, 0.3) is 22.0 Å². The minimum atomic E-state index is 0.0233. The van der Waals surface area contributed by atoms with Gasteiger partial charge in [0.2, 0.25) is 0 Å². The first-order valence-electron chi connectivity index (χ1n) is 12.2. The van der Waals surface area contributed by atoms with Crippen molar-refractivity contribution in [2.24, 2.45) is 5.92 Å². The summed E-state index contributed by atoms with van der Waals surface area (Å²) in [5.41, 5.74) is 4.89. The molecule has 33 heavy (non-hydrogen) atoms. The zero-order valence-electron chi connectivity index (χ0n) is 20.0. The molecule has 176 valence electrons. The molecule has 5 nitrogen and oxygen atoms in total. The summed E-state index contributed by atoms with van der Waals surface area (Å²) in [6, 6.07) is 10.1. The minimum absolute atomic E-state index is 0.0233. The zero-order chi connectivity index (χ0) is 23.2. The highest BCUT2D eigenvalue weighted by Gasteiger charge is 2.23. The average Bonchev–Trinajstić information content (AvgIpc) is 3.45. The van der Waals surface area contributed by atoms with Gasteiger partial charge in [0.25, 0.3) is 5.91 Å². The van der Waals surface area contributed by atoms with Gasteiger partial charge >= 0.3 is 0 Å². The SMILES string of the molecule is CCCCNC(=O)c1cc(-c2csc(-c3ccc(OC)cc3)n2)n(CC2CCCCC2)c1C.